The molecule has 0 aliphatic rings. The average molecular weight is 156 g/mol. The van der Waals surface area contributed by atoms with Gasteiger partial charge < -0.3 is 4.43 Å². The smallest absolute Gasteiger partial charge is 0.319 e. The van der Waals surface area contributed by atoms with Crippen LogP contribution < -0.4 is 0 Å². The SMILES string of the molecule is C=C(C)C(=O)O[Si]CCC. The number of carbonyl (C=O) groups is 1. The first-order valence-electron chi connectivity index (χ1n) is 3.28. The summed E-state index contributed by atoms with van der Waals surface area (Å²) < 4.78 is 4.83. The van der Waals surface area contributed by atoms with Crippen molar-refractivity contribution in [3.05, 3.63) is 12.2 Å². The third-order valence-electron chi connectivity index (χ3n) is 0.865. The third-order valence-corrected chi connectivity index (χ3v) is 1.90. The van der Waals surface area contributed by atoms with E-state index in [1.807, 2.05) is 0 Å². The predicted octanol–water partition coefficient (Wildman–Crippen LogP) is 1.55. The topological polar surface area (TPSA) is 26.3 Å². The van der Waals surface area contributed by atoms with E-state index < -0.39 is 0 Å². The van der Waals surface area contributed by atoms with Crippen molar-refractivity contribution in [2.24, 2.45) is 0 Å². The van der Waals surface area contributed by atoms with Crippen LogP contribution in [0.15, 0.2) is 12.2 Å². The molecule has 0 saturated carbocycles. The molecular formula is C7H12O2Si. The van der Waals surface area contributed by atoms with Crippen LogP contribution in [0.2, 0.25) is 6.04 Å². The van der Waals surface area contributed by atoms with Crippen molar-refractivity contribution >= 4 is 15.7 Å². The Labute approximate surface area is 64.2 Å². The maximum Gasteiger partial charge on any atom is 0.319 e. The van der Waals surface area contributed by atoms with Crippen LogP contribution in [-0.2, 0) is 9.22 Å². The van der Waals surface area contributed by atoms with Crippen LogP contribution in [0, 0.1) is 0 Å². The Morgan fingerprint density at radius 3 is 2.70 bits per heavy atom. The lowest BCUT2D eigenvalue weighted by Gasteiger charge is -1.99. The molecule has 0 bridgehead atoms. The lowest BCUT2D eigenvalue weighted by molar-refractivity contribution is -0.130. The highest BCUT2D eigenvalue weighted by atomic mass is 28.2. The average Bonchev–Trinajstić information content (AvgIpc) is 1.88. The summed E-state index contributed by atoms with van der Waals surface area (Å²) in [6.07, 6.45) is 1.06. The van der Waals surface area contributed by atoms with Gasteiger partial charge in [-0.05, 0) is 13.0 Å². The van der Waals surface area contributed by atoms with Gasteiger partial charge in [-0.25, -0.2) is 4.79 Å². The molecule has 56 valence electrons. The van der Waals surface area contributed by atoms with E-state index in [4.69, 9.17) is 4.43 Å². The summed E-state index contributed by atoms with van der Waals surface area (Å²) in [7, 11) is 0.295. The number of carbonyl (C=O) groups excluding carboxylic acids is 1. The Balaban J connectivity index is 3.31. The fraction of sp³-hybridized carbons (Fsp3) is 0.571. The largest absolute Gasteiger partial charge is 0.513 e. The highest BCUT2D eigenvalue weighted by Crippen LogP contribution is 1.93. The molecule has 0 N–H and O–H groups in total. The van der Waals surface area contributed by atoms with Gasteiger partial charge in [-0.3, -0.25) is 0 Å². The second-order valence-electron chi connectivity index (χ2n) is 2.06. The van der Waals surface area contributed by atoms with Crippen LogP contribution in [0.3, 0.4) is 0 Å². The van der Waals surface area contributed by atoms with E-state index in [1.54, 1.807) is 6.92 Å². The van der Waals surface area contributed by atoms with Gasteiger partial charge in [0.15, 0.2) is 0 Å². The molecule has 0 aromatic heterocycles. The second-order valence-corrected chi connectivity index (χ2v) is 3.06. The Morgan fingerprint density at radius 2 is 2.30 bits per heavy atom. The second kappa shape index (κ2) is 5.23. The molecule has 2 nitrogen and oxygen atoms in total. The summed E-state index contributed by atoms with van der Waals surface area (Å²) in [5, 5.41) is 0. The van der Waals surface area contributed by atoms with Gasteiger partial charge in [0, 0.05) is 5.57 Å². The van der Waals surface area contributed by atoms with Gasteiger partial charge in [-0.15, -0.1) is 0 Å². The van der Waals surface area contributed by atoms with E-state index in [0.717, 1.165) is 12.5 Å². The molecule has 0 aromatic rings. The standard InChI is InChI=1S/C7H12O2Si/c1-4-5-10-9-7(8)6(2)3/h2,4-5H2,1,3H3. The van der Waals surface area contributed by atoms with Crippen molar-refractivity contribution in [3.8, 4) is 0 Å². The van der Waals surface area contributed by atoms with Gasteiger partial charge in [0.25, 0.3) is 0 Å². The first-order valence-corrected chi connectivity index (χ1v) is 4.39. The van der Waals surface area contributed by atoms with E-state index in [0.29, 0.717) is 15.3 Å². The molecule has 0 amide bonds. The number of rotatable bonds is 4. The molecule has 0 spiro atoms. The van der Waals surface area contributed by atoms with Crippen molar-refractivity contribution in [1.82, 2.24) is 0 Å². The molecule has 0 heterocycles. The van der Waals surface area contributed by atoms with Gasteiger partial charge in [-0.2, -0.15) is 0 Å². The summed E-state index contributed by atoms with van der Waals surface area (Å²) >= 11 is 0. The van der Waals surface area contributed by atoms with E-state index in [9.17, 15) is 4.79 Å². The summed E-state index contributed by atoms with van der Waals surface area (Å²) in [5.41, 5.74) is 0.476. The summed E-state index contributed by atoms with van der Waals surface area (Å²) in [6.45, 7) is 7.17. The van der Waals surface area contributed by atoms with Crippen LogP contribution in [0.5, 0.6) is 0 Å². The fourth-order valence-corrected chi connectivity index (χ4v) is 0.917. The Bertz CT molecular complexity index is 132. The highest BCUT2D eigenvalue weighted by molar-refractivity contribution is 6.31. The van der Waals surface area contributed by atoms with Crippen molar-refractivity contribution in [2.45, 2.75) is 26.3 Å². The van der Waals surface area contributed by atoms with Crippen LogP contribution in [0.25, 0.3) is 0 Å². The maximum absolute atomic E-state index is 10.7. The van der Waals surface area contributed by atoms with Gasteiger partial charge in [-0.1, -0.05) is 19.9 Å². The minimum atomic E-state index is -0.271. The molecule has 0 aromatic carbocycles. The summed E-state index contributed by atoms with van der Waals surface area (Å²) in [5.74, 6) is -0.271. The van der Waals surface area contributed by atoms with Crippen molar-refractivity contribution in [3.63, 3.8) is 0 Å². The van der Waals surface area contributed by atoms with Gasteiger partial charge in [0.2, 0.25) is 0 Å². The zero-order valence-corrected chi connectivity index (χ0v) is 7.44. The van der Waals surface area contributed by atoms with Crippen molar-refractivity contribution in [2.75, 3.05) is 0 Å². The maximum atomic E-state index is 10.7. The molecule has 0 saturated heterocycles. The van der Waals surface area contributed by atoms with E-state index in [1.165, 1.54) is 0 Å². The molecule has 3 heteroatoms. The van der Waals surface area contributed by atoms with Crippen LogP contribution in [-0.4, -0.2) is 15.7 Å². The quantitative estimate of drug-likeness (QED) is 0.351. The van der Waals surface area contributed by atoms with Gasteiger partial charge in [0.1, 0.15) is 0 Å². The Kier molecular flexibility index (Phi) is 4.93. The zero-order valence-electron chi connectivity index (χ0n) is 6.44. The Hall–Kier alpha value is -0.573. The van der Waals surface area contributed by atoms with E-state index in [-0.39, 0.29) is 5.97 Å². The molecule has 0 rings (SSSR count). The summed E-state index contributed by atoms with van der Waals surface area (Å²) in [6, 6.07) is 0.957. The Morgan fingerprint density at radius 1 is 1.70 bits per heavy atom. The minimum Gasteiger partial charge on any atom is -0.513 e. The first-order chi connectivity index (χ1) is 4.68. The zero-order chi connectivity index (χ0) is 7.98. The lowest BCUT2D eigenvalue weighted by atomic mass is 10.4. The molecule has 0 fully saturated rings. The fourth-order valence-electron chi connectivity index (χ4n) is 0.306. The van der Waals surface area contributed by atoms with Crippen LogP contribution in [0.1, 0.15) is 20.3 Å². The number of hydrogen-bond acceptors (Lipinski definition) is 2. The normalized spacial score (nSPS) is 9.00. The van der Waals surface area contributed by atoms with Crippen molar-refractivity contribution in [1.29, 1.82) is 0 Å². The molecular weight excluding hydrogens is 144 g/mol. The highest BCUT2D eigenvalue weighted by Gasteiger charge is 2.01. The lowest BCUT2D eigenvalue weighted by Crippen LogP contribution is -2.08. The first kappa shape index (κ1) is 9.43. The monoisotopic (exact) mass is 156 g/mol. The molecule has 0 unspecified atom stereocenters. The molecule has 10 heavy (non-hydrogen) atoms. The number of hydrogen-bond donors (Lipinski definition) is 0. The van der Waals surface area contributed by atoms with E-state index >= 15 is 0 Å². The van der Waals surface area contributed by atoms with E-state index in [2.05, 4.69) is 13.5 Å². The van der Waals surface area contributed by atoms with Gasteiger partial charge in [0.05, 0.1) is 0 Å². The van der Waals surface area contributed by atoms with Gasteiger partial charge >= 0.3 is 15.7 Å². The van der Waals surface area contributed by atoms with Crippen LogP contribution >= 0.6 is 0 Å². The van der Waals surface area contributed by atoms with Crippen molar-refractivity contribution < 1.29 is 9.22 Å². The molecule has 2 radical (unpaired) electrons. The third kappa shape index (κ3) is 4.32. The van der Waals surface area contributed by atoms with Crippen LogP contribution in [0.4, 0.5) is 0 Å². The molecule has 0 aliphatic carbocycles. The minimum absolute atomic E-state index is 0.271. The summed E-state index contributed by atoms with van der Waals surface area (Å²) in [4.78, 5) is 10.7. The predicted molar refractivity (Wildman–Crippen MR) is 41.8 cm³/mol. The molecule has 0 atom stereocenters. The molecule has 0 aliphatic heterocycles.